The van der Waals surface area contributed by atoms with E-state index in [1.54, 1.807) is 42.5 Å². The summed E-state index contributed by atoms with van der Waals surface area (Å²) in [7, 11) is -2.52. The van der Waals surface area contributed by atoms with Crippen LogP contribution in [0.25, 0.3) is 0 Å². The molecule has 1 N–H and O–H groups in total. The molecule has 36 heavy (non-hydrogen) atoms. The fraction of sp³-hybridized carbons (Fsp3) is 0.138. The van der Waals surface area contributed by atoms with Gasteiger partial charge in [0, 0.05) is 6.07 Å². The van der Waals surface area contributed by atoms with Gasteiger partial charge >= 0.3 is 0 Å². The van der Waals surface area contributed by atoms with E-state index in [9.17, 15) is 13.2 Å². The number of hydrogen-bond acceptors (Lipinski definition) is 4. The van der Waals surface area contributed by atoms with Gasteiger partial charge < -0.3 is 10.1 Å². The molecule has 0 saturated heterocycles. The molecule has 4 aromatic rings. The average Bonchev–Trinajstić information content (AvgIpc) is 2.92. The molecule has 0 aliphatic heterocycles. The Morgan fingerprint density at radius 2 is 1.44 bits per heavy atom. The van der Waals surface area contributed by atoms with Crippen LogP contribution in [0, 0.1) is 6.92 Å². The minimum atomic E-state index is -4.03. The highest BCUT2D eigenvalue weighted by molar-refractivity contribution is 7.92. The van der Waals surface area contributed by atoms with Crippen LogP contribution in [0.3, 0.4) is 0 Å². The zero-order valence-corrected chi connectivity index (χ0v) is 21.0. The van der Waals surface area contributed by atoms with Crippen LogP contribution >= 0.6 is 0 Å². The number of aryl methyl sites for hydroxylation is 1. The van der Waals surface area contributed by atoms with Crippen LogP contribution in [0.4, 0.5) is 5.69 Å². The lowest BCUT2D eigenvalue weighted by Crippen LogP contribution is -2.42. The van der Waals surface area contributed by atoms with Crippen LogP contribution in [0.15, 0.2) is 114 Å². The monoisotopic (exact) mass is 500 g/mol. The molecular formula is C29H28N2O4S. The van der Waals surface area contributed by atoms with Gasteiger partial charge in [-0.1, -0.05) is 84.4 Å². The Morgan fingerprint density at radius 1 is 0.833 bits per heavy atom. The van der Waals surface area contributed by atoms with Crippen molar-refractivity contribution in [3.8, 4) is 5.75 Å². The van der Waals surface area contributed by atoms with Gasteiger partial charge in [-0.3, -0.25) is 9.10 Å². The van der Waals surface area contributed by atoms with Crippen molar-refractivity contribution in [3.05, 3.63) is 126 Å². The van der Waals surface area contributed by atoms with Crippen molar-refractivity contribution in [2.24, 2.45) is 0 Å². The van der Waals surface area contributed by atoms with Crippen LogP contribution in [0.2, 0.25) is 0 Å². The van der Waals surface area contributed by atoms with Gasteiger partial charge in [0.25, 0.3) is 10.0 Å². The molecule has 7 heteroatoms. The van der Waals surface area contributed by atoms with Crippen LogP contribution in [0.5, 0.6) is 5.75 Å². The van der Waals surface area contributed by atoms with Crippen molar-refractivity contribution in [1.29, 1.82) is 0 Å². The minimum Gasteiger partial charge on any atom is -0.497 e. The number of sulfonamides is 1. The number of methoxy groups -OCH3 is 1. The van der Waals surface area contributed by atoms with Crippen molar-refractivity contribution in [3.63, 3.8) is 0 Å². The predicted molar refractivity (Wildman–Crippen MR) is 142 cm³/mol. The lowest BCUT2D eigenvalue weighted by Gasteiger charge is -2.26. The highest BCUT2D eigenvalue weighted by Crippen LogP contribution is 2.28. The summed E-state index contributed by atoms with van der Waals surface area (Å²) in [6, 6.07) is 31.8. The Labute approximate surface area is 212 Å². The van der Waals surface area contributed by atoms with Gasteiger partial charge in [-0.05, 0) is 42.3 Å². The minimum absolute atomic E-state index is 0.0961. The van der Waals surface area contributed by atoms with E-state index in [2.05, 4.69) is 5.32 Å². The van der Waals surface area contributed by atoms with Gasteiger partial charge in [-0.2, -0.15) is 0 Å². The number of ether oxygens (including phenoxy) is 1. The Hall–Kier alpha value is -4.10. The van der Waals surface area contributed by atoms with Gasteiger partial charge in [-0.25, -0.2) is 8.42 Å². The summed E-state index contributed by atoms with van der Waals surface area (Å²) >= 11 is 0. The Kier molecular flexibility index (Phi) is 7.71. The van der Waals surface area contributed by atoms with Crippen LogP contribution in [-0.4, -0.2) is 28.0 Å². The number of anilines is 1. The molecule has 0 fully saturated rings. The van der Waals surface area contributed by atoms with E-state index < -0.39 is 28.5 Å². The van der Waals surface area contributed by atoms with Crippen LogP contribution in [-0.2, 0) is 14.8 Å². The summed E-state index contributed by atoms with van der Waals surface area (Å²) in [6.07, 6.45) is 0. The van der Waals surface area contributed by atoms with Crippen LogP contribution in [0.1, 0.15) is 22.7 Å². The Balaban J connectivity index is 1.69. The zero-order chi connectivity index (χ0) is 25.5. The number of hydrogen-bond donors (Lipinski definition) is 1. The van der Waals surface area contributed by atoms with Gasteiger partial charge in [0.2, 0.25) is 5.91 Å². The number of nitrogens with zero attached hydrogens (tertiary/aromatic N) is 1. The maximum absolute atomic E-state index is 13.6. The molecule has 1 unspecified atom stereocenters. The first kappa shape index (κ1) is 25.0. The number of amides is 1. The molecule has 1 amide bonds. The highest BCUT2D eigenvalue weighted by Gasteiger charge is 2.28. The molecule has 0 aliphatic rings. The summed E-state index contributed by atoms with van der Waals surface area (Å²) < 4.78 is 33.7. The first-order valence-corrected chi connectivity index (χ1v) is 13.0. The molecule has 0 aromatic heterocycles. The molecule has 0 saturated carbocycles. The fourth-order valence-electron chi connectivity index (χ4n) is 3.90. The molecule has 0 bridgehead atoms. The largest absolute Gasteiger partial charge is 0.497 e. The second kappa shape index (κ2) is 11.1. The van der Waals surface area contributed by atoms with Crippen molar-refractivity contribution in [2.75, 3.05) is 18.0 Å². The van der Waals surface area contributed by atoms with Crippen LogP contribution < -0.4 is 14.4 Å². The number of nitrogens with one attached hydrogen (secondary N) is 1. The average molecular weight is 501 g/mol. The number of carbonyl (C=O) groups excluding carboxylic acids is 1. The summed E-state index contributed by atoms with van der Waals surface area (Å²) in [6.45, 7) is 1.60. The molecule has 1 atom stereocenters. The maximum atomic E-state index is 13.6. The Morgan fingerprint density at radius 3 is 2.08 bits per heavy atom. The van der Waals surface area contributed by atoms with Crippen molar-refractivity contribution in [1.82, 2.24) is 5.32 Å². The summed E-state index contributed by atoms with van der Waals surface area (Å²) in [5, 5.41) is 3.05. The highest BCUT2D eigenvalue weighted by atomic mass is 32.2. The molecule has 184 valence electrons. The molecule has 0 heterocycles. The molecular weight excluding hydrogens is 472 g/mol. The molecule has 4 aromatic carbocycles. The van der Waals surface area contributed by atoms with Gasteiger partial charge in [0.15, 0.2) is 0 Å². The summed E-state index contributed by atoms with van der Waals surface area (Å²) in [4.78, 5) is 13.5. The van der Waals surface area contributed by atoms with E-state index in [0.29, 0.717) is 11.4 Å². The Bertz CT molecular complexity index is 1410. The number of carbonyl (C=O) groups is 1. The molecule has 0 spiro atoms. The van der Waals surface area contributed by atoms with Crippen molar-refractivity contribution in [2.45, 2.75) is 17.9 Å². The number of rotatable bonds is 9. The standard InChI is InChI=1S/C29H28N2O4S/c1-22-16-18-24(19-17-22)29(23-10-5-3-6-11-23)30-28(32)21-31(25-12-9-13-26(20-25)35-2)36(33,34)27-14-7-4-8-15-27/h3-20,29H,21H2,1-2H3,(H,30,32). The van der Waals surface area contributed by atoms with E-state index in [4.69, 9.17) is 4.74 Å². The topological polar surface area (TPSA) is 75.7 Å². The smallest absolute Gasteiger partial charge is 0.264 e. The third-order valence-electron chi connectivity index (χ3n) is 5.81. The quantitative estimate of drug-likeness (QED) is 0.347. The SMILES string of the molecule is COc1cccc(N(CC(=O)NC(c2ccccc2)c2ccc(C)cc2)S(=O)(=O)c2ccccc2)c1. The molecule has 0 aliphatic carbocycles. The first-order chi connectivity index (χ1) is 17.4. The van der Waals surface area contributed by atoms with E-state index in [1.165, 1.54) is 19.2 Å². The molecule has 4 rings (SSSR count). The lowest BCUT2D eigenvalue weighted by molar-refractivity contribution is -0.120. The molecule has 6 nitrogen and oxygen atoms in total. The van der Waals surface area contributed by atoms with Gasteiger partial charge in [-0.15, -0.1) is 0 Å². The summed E-state index contributed by atoms with van der Waals surface area (Å²) in [5.41, 5.74) is 3.24. The van der Waals surface area contributed by atoms with Crippen molar-refractivity contribution < 1.29 is 17.9 Å². The van der Waals surface area contributed by atoms with E-state index in [0.717, 1.165) is 21.0 Å². The number of benzene rings is 4. The second-order valence-electron chi connectivity index (χ2n) is 8.35. The van der Waals surface area contributed by atoms with Crippen molar-refractivity contribution >= 4 is 21.6 Å². The summed E-state index contributed by atoms with van der Waals surface area (Å²) in [5.74, 6) is 0.0507. The van der Waals surface area contributed by atoms with E-state index in [-0.39, 0.29) is 4.90 Å². The fourth-order valence-corrected chi connectivity index (χ4v) is 5.33. The first-order valence-electron chi connectivity index (χ1n) is 11.5. The lowest BCUT2D eigenvalue weighted by atomic mass is 9.98. The third kappa shape index (κ3) is 5.75. The zero-order valence-electron chi connectivity index (χ0n) is 20.2. The predicted octanol–water partition coefficient (Wildman–Crippen LogP) is 5.10. The van der Waals surface area contributed by atoms with Gasteiger partial charge in [0.05, 0.1) is 23.7 Å². The maximum Gasteiger partial charge on any atom is 0.264 e. The second-order valence-corrected chi connectivity index (χ2v) is 10.2. The van der Waals surface area contributed by atoms with E-state index in [1.807, 2.05) is 61.5 Å². The molecule has 0 radical (unpaired) electrons. The normalized spacial score (nSPS) is 11.9. The van der Waals surface area contributed by atoms with E-state index >= 15 is 0 Å². The van der Waals surface area contributed by atoms with Gasteiger partial charge in [0.1, 0.15) is 12.3 Å². The third-order valence-corrected chi connectivity index (χ3v) is 7.60.